The fraction of sp³-hybridized carbons (Fsp3) is 0.0625. The van der Waals surface area contributed by atoms with Gasteiger partial charge < -0.3 is 4.98 Å². The van der Waals surface area contributed by atoms with E-state index in [4.69, 9.17) is 16.6 Å². The zero-order valence-corrected chi connectivity index (χ0v) is 23.8. The molecule has 2 N–H and O–H groups in total. The van der Waals surface area contributed by atoms with E-state index in [0.29, 0.717) is 32.9 Å². The second kappa shape index (κ2) is 10.8. The van der Waals surface area contributed by atoms with Crippen LogP contribution in [0.2, 0.25) is 5.02 Å². The highest BCUT2D eigenvalue weighted by molar-refractivity contribution is 7.89. The zero-order chi connectivity index (χ0) is 29.4. The summed E-state index contributed by atoms with van der Waals surface area (Å²) < 4.78 is 27.6. The number of carbonyl (C=O) groups excluding carboxylic acids is 1. The molecule has 42 heavy (non-hydrogen) atoms. The minimum absolute atomic E-state index is 0.121. The summed E-state index contributed by atoms with van der Waals surface area (Å²) in [6, 6.07) is 25.4. The van der Waals surface area contributed by atoms with Gasteiger partial charge in [0.1, 0.15) is 11.2 Å². The van der Waals surface area contributed by atoms with E-state index in [9.17, 15) is 18.0 Å². The number of fused-ring (bicyclic) bond motifs is 2. The van der Waals surface area contributed by atoms with Crippen LogP contribution in [0.5, 0.6) is 0 Å². The second-order valence-corrected chi connectivity index (χ2v) is 12.0. The van der Waals surface area contributed by atoms with Crippen molar-refractivity contribution in [2.75, 3.05) is 0 Å². The summed E-state index contributed by atoms with van der Waals surface area (Å²) in [5.41, 5.74) is 4.00. The smallest absolute Gasteiger partial charge is 0.270 e. The van der Waals surface area contributed by atoms with Gasteiger partial charge in [0.2, 0.25) is 15.5 Å². The number of H-pyrrole nitrogens is 1. The van der Waals surface area contributed by atoms with E-state index in [-0.39, 0.29) is 16.6 Å². The van der Waals surface area contributed by atoms with Crippen LogP contribution in [0.3, 0.4) is 0 Å². The summed E-state index contributed by atoms with van der Waals surface area (Å²) in [6.07, 6.45) is 2.84. The lowest BCUT2D eigenvalue weighted by atomic mass is 9.96. The highest BCUT2D eigenvalue weighted by Crippen LogP contribution is 2.36. The van der Waals surface area contributed by atoms with Crippen LogP contribution in [0.4, 0.5) is 0 Å². The highest BCUT2D eigenvalue weighted by Gasteiger charge is 2.22. The molecule has 0 spiro atoms. The molecule has 8 nitrogen and oxygen atoms in total. The number of aryl methyl sites for hydroxylation is 1. The Hall–Kier alpha value is -4.86. The molecule has 0 aliphatic carbocycles. The number of hydrogen-bond donors (Lipinski definition) is 2. The summed E-state index contributed by atoms with van der Waals surface area (Å²) in [7, 11) is -4.08. The first-order chi connectivity index (χ1) is 20.2. The Kier molecular flexibility index (Phi) is 7.06. The standard InChI is InChI=1S/C32H23ClN4O4S/c1-19-7-5-8-20(13-19)18-42(40,41)37-32(39)26-17-35-31-25(30(26)38)16-24(28(36-31)21-9-3-2-4-10-21)23-14-22-11-6-12-34-29(22)27(33)15-23/h2-17H,18H2,1H3,(H,37,39)(H,35,36,38). The number of nitrogens with one attached hydrogen (secondary N) is 2. The Bertz CT molecular complexity index is 2180. The SMILES string of the molecule is Cc1cccc(CS(=O)(=O)NC(=O)c2c[nH]c3nc(-c4ccccc4)c(-c4cc(Cl)c5ncccc5c4)cc3c2=O)c1. The molecule has 0 bridgehead atoms. The topological polar surface area (TPSA) is 122 Å². The quantitative estimate of drug-likeness (QED) is 0.243. The zero-order valence-electron chi connectivity index (χ0n) is 22.3. The first-order valence-corrected chi connectivity index (χ1v) is 15.0. The molecule has 0 aliphatic heterocycles. The molecular weight excluding hydrogens is 572 g/mol. The van der Waals surface area contributed by atoms with Gasteiger partial charge in [0.15, 0.2) is 0 Å². The lowest BCUT2D eigenvalue weighted by Crippen LogP contribution is -2.34. The van der Waals surface area contributed by atoms with Crippen molar-refractivity contribution in [3.05, 3.63) is 129 Å². The molecule has 6 rings (SSSR count). The summed E-state index contributed by atoms with van der Waals surface area (Å²) >= 11 is 6.59. The van der Waals surface area contributed by atoms with Gasteiger partial charge in [-0.15, -0.1) is 0 Å². The van der Waals surface area contributed by atoms with Gasteiger partial charge in [-0.1, -0.05) is 77.8 Å². The Morgan fingerprint density at radius 1 is 0.952 bits per heavy atom. The van der Waals surface area contributed by atoms with Gasteiger partial charge in [0.05, 0.1) is 27.4 Å². The van der Waals surface area contributed by atoms with Crippen molar-refractivity contribution < 1.29 is 13.2 Å². The number of amides is 1. The number of benzene rings is 3. The fourth-order valence-corrected chi connectivity index (χ4v) is 6.27. The van der Waals surface area contributed by atoms with Crippen molar-refractivity contribution in [3.8, 4) is 22.4 Å². The van der Waals surface area contributed by atoms with Crippen molar-refractivity contribution in [1.29, 1.82) is 0 Å². The maximum Gasteiger partial charge on any atom is 0.270 e. The van der Waals surface area contributed by atoms with Crippen LogP contribution >= 0.6 is 11.6 Å². The van der Waals surface area contributed by atoms with Gasteiger partial charge in [0.25, 0.3) is 5.91 Å². The largest absolute Gasteiger partial charge is 0.345 e. The minimum atomic E-state index is -4.08. The molecule has 0 fully saturated rings. The van der Waals surface area contributed by atoms with Crippen LogP contribution in [0.15, 0.2) is 102 Å². The van der Waals surface area contributed by atoms with Gasteiger partial charge in [-0.25, -0.2) is 18.1 Å². The molecule has 10 heteroatoms. The van der Waals surface area contributed by atoms with Gasteiger partial charge in [0, 0.05) is 28.9 Å². The lowest BCUT2D eigenvalue weighted by molar-refractivity contribution is 0.0980. The number of nitrogens with zero attached hydrogens (tertiary/aromatic N) is 2. The number of halogens is 1. The van der Waals surface area contributed by atoms with Gasteiger partial charge >= 0.3 is 0 Å². The molecule has 0 radical (unpaired) electrons. The fourth-order valence-electron chi connectivity index (χ4n) is 4.91. The predicted molar refractivity (Wildman–Crippen MR) is 165 cm³/mol. The Morgan fingerprint density at radius 2 is 1.76 bits per heavy atom. The number of carbonyl (C=O) groups is 1. The van der Waals surface area contributed by atoms with E-state index >= 15 is 0 Å². The van der Waals surface area contributed by atoms with Crippen molar-refractivity contribution in [2.24, 2.45) is 0 Å². The van der Waals surface area contributed by atoms with E-state index in [1.165, 1.54) is 6.20 Å². The summed E-state index contributed by atoms with van der Waals surface area (Å²) in [6.45, 7) is 1.84. The normalized spacial score (nSPS) is 11.6. The number of rotatable bonds is 6. The average Bonchev–Trinajstić information content (AvgIpc) is 2.96. The molecule has 0 atom stereocenters. The maximum absolute atomic E-state index is 13.6. The maximum atomic E-state index is 13.6. The van der Waals surface area contributed by atoms with Crippen molar-refractivity contribution in [2.45, 2.75) is 12.7 Å². The Morgan fingerprint density at radius 3 is 2.55 bits per heavy atom. The highest BCUT2D eigenvalue weighted by atomic mass is 35.5. The first kappa shape index (κ1) is 27.3. The molecule has 0 unspecified atom stereocenters. The van der Waals surface area contributed by atoms with E-state index in [0.717, 1.165) is 16.5 Å². The molecule has 3 heterocycles. The molecule has 0 saturated heterocycles. The first-order valence-electron chi connectivity index (χ1n) is 13.0. The van der Waals surface area contributed by atoms with Crippen molar-refractivity contribution in [3.63, 3.8) is 0 Å². The lowest BCUT2D eigenvalue weighted by Gasteiger charge is -2.13. The third-order valence-corrected chi connectivity index (χ3v) is 8.31. The van der Waals surface area contributed by atoms with E-state index in [2.05, 4.69) is 9.97 Å². The van der Waals surface area contributed by atoms with Crippen molar-refractivity contribution in [1.82, 2.24) is 19.7 Å². The molecule has 0 aliphatic rings. The van der Waals surface area contributed by atoms with Gasteiger partial charge in [-0.2, -0.15) is 0 Å². The minimum Gasteiger partial charge on any atom is -0.345 e. The van der Waals surface area contributed by atoms with Crippen LogP contribution in [-0.2, 0) is 15.8 Å². The number of pyridine rings is 3. The monoisotopic (exact) mass is 594 g/mol. The summed E-state index contributed by atoms with van der Waals surface area (Å²) in [5, 5.41) is 1.36. The third-order valence-electron chi connectivity index (χ3n) is 6.81. The molecule has 208 valence electrons. The summed E-state index contributed by atoms with van der Waals surface area (Å²) in [4.78, 5) is 38.7. The summed E-state index contributed by atoms with van der Waals surface area (Å²) in [5.74, 6) is -1.44. The molecule has 3 aromatic heterocycles. The van der Waals surface area contributed by atoms with Crippen LogP contribution in [-0.4, -0.2) is 29.3 Å². The van der Waals surface area contributed by atoms with Gasteiger partial charge in [-0.3, -0.25) is 14.6 Å². The number of aromatic amines is 1. The number of hydrogen-bond acceptors (Lipinski definition) is 6. The van der Waals surface area contributed by atoms with Crippen LogP contribution in [0.1, 0.15) is 21.5 Å². The molecule has 1 amide bonds. The van der Waals surface area contributed by atoms with E-state index < -0.39 is 27.1 Å². The Labute approximate surface area is 246 Å². The number of aromatic nitrogens is 3. The number of sulfonamides is 1. The molecule has 6 aromatic rings. The van der Waals surface area contributed by atoms with Crippen LogP contribution in [0.25, 0.3) is 44.3 Å². The van der Waals surface area contributed by atoms with Crippen LogP contribution < -0.4 is 10.2 Å². The molecular formula is C32H23ClN4O4S. The third kappa shape index (κ3) is 5.39. The second-order valence-electron chi connectivity index (χ2n) is 9.89. The molecule has 3 aromatic carbocycles. The van der Waals surface area contributed by atoms with Gasteiger partial charge in [-0.05, 0) is 42.3 Å². The van der Waals surface area contributed by atoms with E-state index in [1.807, 2.05) is 66.2 Å². The van der Waals surface area contributed by atoms with Crippen molar-refractivity contribution >= 4 is 49.5 Å². The van der Waals surface area contributed by atoms with E-state index in [1.54, 1.807) is 36.5 Å². The average molecular weight is 595 g/mol. The van der Waals surface area contributed by atoms with Crippen LogP contribution in [0, 0.1) is 6.92 Å². The predicted octanol–water partition coefficient (Wildman–Crippen LogP) is 6.03. The molecule has 0 saturated carbocycles. The Balaban J connectivity index is 1.46.